The number of aryl methyl sites for hydroxylation is 1. The number of thioether (sulfide) groups is 2. The third-order valence-electron chi connectivity index (χ3n) is 3.68. The molecule has 3 aromatic rings. The second kappa shape index (κ2) is 11.9. The monoisotopic (exact) mass is 474 g/mol. The summed E-state index contributed by atoms with van der Waals surface area (Å²) in [6.07, 6.45) is 3.17. The minimum atomic E-state index is -0.232. The average Bonchev–Trinajstić information content (AvgIpc) is 3.20. The number of allylic oxidation sites excluding steroid dienone is 1. The fraction of sp³-hybridized carbons (Fsp3) is 0.143. The van der Waals surface area contributed by atoms with Crippen LogP contribution in [0.1, 0.15) is 16.7 Å². The molecular weight excluding hydrogens is 456 g/mol. The van der Waals surface area contributed by atoms with E-state index in [1.165, 1.54) is 40.4 Å². The summed E-state index contributed by atoms with van der Waals surface area (Å²) in [6, 6.07) is 18.1. The van der Waals surface area contributed by atoms with Crippen LogP contribution in [-0.4, -0.2) is 28.1 Å². The van der Waals surface area contributed by atoms with E-state index in [0.29, 0.717) is 5.03 Å². The molecule has 0 saturated heterocycles. The predicted octanol–water partition coefficient (Wildman–Crippen LogP) is 5.61. The lowest BCUT2D eigenvalue weighted by Crippen LogP contribution is -2.19. The molecule has 3 rings (SSSR count). The number of hydrazone groups is 1. The molecule has 0 aliphatic rings. The topological polar surface area (TPSA) is 67.2 Å². The van der Waals surface area contributed by atoms with E-state index in [1.807, 2.05) is 30.3 Å². The number of carbonyl (C=O) groups excluding carboxylic acids is 1. The van der Waals surface area contributed by atoms with Crippen molar-refractivity contribution in [2.75, 3.05) is 5.75 Å². The molecule has 1 aromatic heterocycles. The van der Waals surface area contributed by atoms with Crippen LogP contribution < -0.4 is 5.43 Å². The van der Waals surface area contributed by atoms with Crippen molar-refractivity contribution < 1.29 is 4.79 Å². The summed E-state index contributed by atoms with van der Waals surface area (Å²) in [4.78, 5) is 11.9. The fourth-order valence-corrected chi connectivity index (χ4v) is 5.16. The Bertz CT molecular complexity index is 1020. The molecule has 154 valence electrons. The van der Waals surface area contributed by atoms with Gasteiger partial charge in [0, 0.05) is 5.75 Å². The highest BCUT2D eigenvalue weighted by atomic mass is 35.5. The van der Waals surface area contributed by atoms with Gasteiger partial charge in [-0.05, 0) is 24.1 Å². The predicted molar refractivity (Wildman–Crippen MR) is 128 cm³/mol. The number of aromatic nitrogens is 2. The number of nitrogens with one attached hydrogen (secondary N) is 1. The summed E-state index contributed by atoms with van der Waals surface area (Å²) in [6.45, 7) is 2.07. The second-order valence-corrected chi connectivity index (χ2v) is 9.99. The van der Waals surface area contributed by atoms with Crippen LogP contribution in [0.5, 0.6) is 0 Å². The molecule has 1 amide bonds. The number of halogens is 1. The van der Waals surface area contributed by atoms with Crippen molar-refractivity contribution in [1.29, 1.82) is 0 Å². The van der Waals surface area contributed by atoms with Gasteiger partial charge >= 0.3 is 0 Å². The van der Waals surface area contributed by atoms with E-state index >= 15 is 0 Å². The first-order valence-electron chi connectivity index (χ1n) is 8.97. The Labute approximate surface area is 193 Å². The smallest absolute Gasteiger partial charge is 0.250 e. The van der Waals surface area contributed by atoms with Gasteiger partial charge in [-0.2, -0.15) is 5.10 Å². The molecule has 5 nitrogen and oxygen atoms in total. The highest BCUT2D eigenvalue weighted by Gasteiger charge is 2.08. The SMILES string of the molecule is Cc1ccc(CSc2nnc(SCC(=O)N/N=C\C(Cl)=C\c3ccccc3)s2)cc1. The maximum absolute atomic E-state index is 11.9. The van der Waals surface area contributed by atoms with E-state index in [9.17, 15) is 4.79 Å². The van der Waals surface area contributed by atoms with Crippen molar-refractivity contribution in [3.05, 3.63) is 76.3 Å². The summed E-state index contributed by atoms with van der Waals surface area (Å²) >= 11 is 10.5. The van der Waals surface area contributed by atoms with Crippen LogP contribution in [0.15, 0.2) is 73.4 Å². The number of hydrogen-bond acceptors (Lipinski definition) is 7. The van der Waals surface area contributed by atoms with Gasteiger partial charge in [-0.1, -0.05) is 107 Å². The van der Waals surface area contributed by atoms with E-state index in [1.54, 1.807) is 17.8 Å². The molecule has 0 saturated carbocycles. The van der Waals surface area contributed by atoms with Crippen LogP contribution >= 0.6 is 46.5 Å². The number of carbonyl (C=O) groups is 1. The molecule has 9 heteroatoms. The second-order valence-electron chi connectivity index (χ2n) is 6.13. The van der Waals surface area contributed by atoms with Gasteiger partial charge < -0.3 is 0 Å². The Kier molecular flexibility index (Phi) is 8.95. The van der Waals surface area contributed by atoms with E-state index in [0.717, 1.165) is 20.0 Å². The number of hydrogen-bond donors (Lipinski definition) is 1. The van der Waals surface area contributed by atoms with E-state index < -0.39 is 0 Å². The zero-order valence-electron chi connectivity index (χ0n) is 16.1. The van der Waals surface area contributed by atoms with Crippen molar-refractivity contribution in [2.24, 2.45) is 5.10 Å². The van der Waals surface area contributed by atoms with Gasteiger partial charge in [0.15, 0.2) is 8.68 Å². The highest BCUT2D eigenvalue weighted by Crippen LogP contribution is 2.30. The first-order chi connectivity index (χ1) is 14.6. The quantitative estimate of drug-likeness (QED) is 0.248. The number of rotatable bonds is 9. The molecule has 0 aliphatic carbocycles. The average molecular weight is 475 g/mol. The largest absolute Gasteiger partial charge is 0.272 e. The molecule has 0 fully saturated rings. The molecule has 1 heterocycles. The normalized spacial score (nSPS) is 11.7. The fourth-order valence-electron chi connectivity index (χ4n) is 2.21. The molecule has 0 unspecified atom stereocenters. The molecular formula is C21H19ClN4OS3. The maximum atomic E-state index is 11.9. The van der Waals surface area contributed by atoms with E-state index in [4.69, 9.17) is 11.6 Å². The van der Waals surface area contributed by atoms with Gasteiger partial charge in [0.25, 0.3) is 5.91 Å². The number of nitrogens with zero attached hydrogens (tertiary/aromatic N) is 3. The molecule has 2 aromatic carbocycles. The first kappa shape index (κ1) is 22.6. The van der Waals surface area contributed by atoms with Gasteiger partial charge in [-0.15, -0.1) is 10.2 Å². The van der Waals surface area contributed by atoms with Crippen molar-refractivity contribution in [3.8, 4) is 0 Å². The molecule has 0 aliphatic heterocycles. The molecule has 0 spiro atoms. The number of amides is 1. The summed E-state index contributed by atoms with van der Waals surface area (Å²) in [5.41, 5.74) is 5.91. The Morgan fingerprint density at radius 1 is 1.10 bits per heavy atom. The van der Waals surface area contributed by atoms with Crippen LogP contribution in [0.4, 0.5) is 0 Å². The molecule has 0 atom stereocenters. The molecule has 0 bridgehead atoms. The Morgan fingerprint density at radius 2 is 1.80 bits per heavy atom. The summed E-state index contributed by atoms with van der Waals surface area (Å²) in [7, 11) is 0. The Hall–Kier alpha value is -2.13. The molecule has 1 N–H and O–H groups in total. The van der Waals surface area contributed by atoms with Crippen molar-refractivity contribution >= 4 is 64.7 Å². The van der Waals surface area contributed by atoms with E-state index in [2.05, 4.69) is 51.9 Å². The third kappa shape index (κ3) is 7.95. The highest BCUT2D eigenvalue weighted by molar-refractivity contribution is 8.03. The van der Waals surface area contributed by atoms with Gasteiger partial charge in [0.05, 0.1) is 17.0 Å². The lowest BCUT2D eigenvalue weighted by molar-refractivity contribution is -0.118. The van der Waals surface area contributed by atoms with Crippen LogP contribution in [-0.2, 0) is 10.5 Å². The minimum absolute atomic E-state index is 0.203. The van der Waals surface area contributed by atoms with Crippen molar-refractivity contribution in [1.82, 2.24) is 15.6 Å². The molecule has 30 heavy (non-hydrogen) atoms. The van der Waals surface area contributed by atoms with Crippen molar-refractivity contribution in [2.45, 2.75) is 21.4 Å². The van der Waals surface area contributed by atoms with Gasteiger partial charge in [0.2, 0.25) is 0 Å². The maximum Gasteiger partial charge on any atom is 0.250 e. The summed E-state index contributed by atoms with van der Waals surface area (Å²) < 4.78 is 1.64. The lowest BCUT2D eigenvalue weighted by atomic mass is 10.2. The van der Waals surface area contributed by atoms with Crippen LogP contribution in [0, 0.1) is 6.92 Å². The third-order valence-corrected chi connectivity index (χ3v) is 7.15. The van der Waals surface area contributed by atoms with Gasteiger partial charge in [0.1, 0.15) is 0 Å². The standard InChI is InChI=1S/C21H19ClN4OS3/c1-15-7-9-17(10-8-15)13-28-20-25-26-21(30-20)29-14-19(27)24-23-12-18(22)11-16-5-3-2-4-6-16/h2-12H,13-14H2,1H3,(H,24,27)/b18-11-,23-12-. The Morgan fingerprint density at radius 3 is 2.53 bits per heavy atom. The Balaban J connectivity index is 1.39. The van der Waals surface area contributed by atoms with Gasteiger partial charge in [-0.25, -0.2) is 5.43 Å². The zero-order valence-corrected chi connectivity index (χ0v) is 19.3. The van der Waals surface area contributed by atoms with Crippen LogP contribution in [0.25, 0.3) is 6.08 Å². The number of benzene rings is 2. The van der Waals surface area contributed by atoms with Gasteiger partial charge in [-0.3, -0.25) is 4.79 Å². The summed E-state index contributed by atoms with van der Waals surface area (Å²) in [5.74, 6) is 0.810. The molecule has 0 radical (unpaired) electrons. The first-order valence-corrected chi connectivity index (χ1v) is 12.1. The van der Waals surface area contributed by atoms with Crippen molar-refractivity contribution in [3.63, 3.8) is 0 Å². The van der Waals surface area contributed by atoms with E-state index in [-0.39, 0.29) is 11.7 Å². The lowest BCUT2D eigenvalue weighted by Gasteiger charge is -1.99. The minimum Gasteiger partial charge on any atom is -0.272 e. The zero-order chi connectivity index (χ0) is 21.2. The summed E-state index contributed by atoms with van der Waals surface area (Å²) in [5, 5.41) is 12.6. The van der Waals surface area contributed by atoms with Crippen LogP contribution in [0.2, 0.25) is 0 Å². The van der Waals surface area contributed by atoms with Crippen LogP contribution in [0.3, 0.4) is 0 Å².